The van der Waals surface area contributed by atoms with Gasteiger partial charge in [0.25, 0.3) is 5.91 Å². The molecule has 0 saturated carbocycles. The van der Waals surface area contributed by atoms with Crippen LogP contribution in [-0.2, 0) is 11.2 Å². The Kier molecular flexibility index (Phi) is 7.67. The van der Waals surface area contributed by atoms with Crippen LogP contribution in [0.25, 0.3) is 22.3 Å². The third-order valence-corrected chi connectivity index (χ3v) is 5.95. The number of amides is 1. The molecule has 0 radical (unpaired) electrons. The summed E-state index contributed by atoms with van der Waals surface area (Å²) in [6.45, 7) is 1.91. The number of carbonyl (C=O) groups excluding carboxylic acids is 1. The Bertz CT molecular complexity index is 1340. The number of aromatic nitrogens is 3. The van der Waals surface area contributed by atoms with Crippen molar-refractivity contribution in [3.63, 3.8) is 0 Å². The first-order chi connectivity index (χ1) is 16.9. The monoisotopic (exact) mass is 488 g/mol. The van der Waals surface area contributed by atoms with E-state index in [9.17, 15) is 9.59 Å². The molecule has 0 aliphatic heterocycles. The van der Waals surface area contributed by atoms with E-state index in [4.69, 9.17) is 26.7 Å². The lowest BCUT2D eigenvalue weighted by Gasteiger charge is -2.14. The van der Waals surface area contributed by atoms with Crippen LogP contribution in [0.1, 0.15) is 53.8 Å². The van der Waals surface area contributed by atoms with E-state index in [-0.39, 0.29) is 18.4 Å². The molecular weight excluding hydrogens is 464 g/mol. The number of nitrogens with one attached hydrogen (secondary N) is 1. The fourth-order valence-corrected chi connectivity index (χ4v) is 3.94. The van der Waals surface area contributed by atoms with E-state index in [2.05, 4.69) is 10.3 Å². The average molecular weight is 489 g/mol. The van der Waals surface area contributed by atoms with Gasteiger partial charge in [0.2, 0.25) is 0 Å². The molecule has 2 aromatic heterocycles. The summed E-state index contributed by atoms with van der Waals surface area (Å²) < 4.78 is 0. The molecule has 1 atom stereocenters. The van der Waals surface area contributed by atoms with E-state index in [1.807, 2.05) is 31.2 Å². The number of unbranched alkanes of at least 4 members (excludes halogenated alkanes) is 1. The summed E-state index contributed by atoms with van der Waals surface area (Å²) in [6, 6.07) is 16.2. The van der Waals surface area contributed by atoms with Crippen LogP contribution in [0.2, 0.25) is 5.02 Å². The van der Waals surface area contributed by atoms with Crippen molar-refractivity contribution in [2.45, 2.75) is 38.6 Å². The fraction of sp³-hybridized carbons (Fsp3) is 0.222. The Morgan fingerprint density at radius 2 is 1.83 bits per heavy atom. The second-order valence-electron chi connectivity index (χ2n) is 8.31. The number of hydrogen-bond acceptors (Lipinski definition) is 5. The summed E-state index contributed by atoms with van der Waals surface area (Å²) >= 11 is 6.06. The zero-order chi connectivity index (χ0) is 24.8. The number of carbonyl (C=O) groups is 2. The van der Waals surface area contributed by atoms with Crippen LogP contribution in [-0.4, -0.2) is 31.9 Å². The van der Waals surface area contributed by atoms with Crippen molar-refractivity contribution in [2.75, 3.05) is 0 Å². The first kappa shape index (κ1) is 24.3. The summed E-state index contributed by atoms with van der Waals surface area (Å²) in [5, 5.41) is 12.6. The molecule has 178 valence electrons. The van der Waals surface area contributed by atoms with Crippen LogP contribution in [0, 0.1) is 0 Å². The van der Waals surface area contributed by atoms with Gasteiger partial charge in [0.1, 0.15) is 0 Å². The highest BCUT2D eigenvalue weighted by Gasteiger charge is 2.15. The summed E-state index contributed by atoms with van der Waals surface area (Å²) in [4.78, 5) is 37.6. The molecule has 7 nitrogen and oxygen atoms in total. The molecule has 2 aromatic carbocycles. The van der Waals surface area contributed by atoms with Crippen LogP contribution < -0.4 is 5.32 Å². The lowest BCUT2D eigenvalue weighted by molar-refractivity contribution is -0.137. The van der Waals surface area contributed by atoms with Gasteiger partial charge in [0.05, 0.1) is 28.5 Å². The van der Waals surface area contributed by atoms with E-state index in [1.165, 1.54) is 0 Å². The van der Waals surface area contributed by atoms with Crippen LogP contribution in [0.3, 0.4) is 0 Å². The van der Waals surface area contributed by atoms with Gasteiger partial charge in [-0.2, -0.15) is 0 Å². The number of carboxylic acid groups (broad SMARTS) is 1. The number of hydrogen-bond donors (Lipinski definition) is 2. The number of carboxylic acids is 1. The topological polar surface area (TPSA) is 105 Å². The Morgan fingerprint density at radius 1 is 1.03 bits per heavy atom. The van der Waals surface area contributed by atoms with Crippen molar-refractivity contribution in [1.29, 1.82) is 0 Å². The summed E-state index contributed by atoms with van der Waals surface area (Å²) in [5.41, 5.74) is 5.04. The van der Waals surface area contributed by atoms with Gasteiger partial charge in [-0.3, -0.25) is 14.6 Å². The quantitative estimate of drug-likeness (QED) is 0.296. The Hall–Kier alpha value is -3.84. The zero-order valence-corrected chi connectivity index (χ0v) is 20.0. The average Bonchev–Trinajstić information content (AvgIpc) is 2.86. The molecule has 35 heavy (non-hydrogen) atoms. The van der Waals surface area contributed by atoms with Gasteiger partial charge in [-0.1, -0.05) is 29.8 Å². The zero-order valence-electron chi connectivity index (χ0n) is 19.2. The minimum atomic E-state index is -0.816. The maximum absolute atomic E-state index is 12.9. The van der Waals surface area contributed by atoms with Gasteiger partial charge in [-0.25, -0.2) is 9.97 Å². The van der Waals surface area contributed by atoms with Gasteiger partial charge in [0, 0.05) is 35.0 Å². The molecule has 2 N–H and O–H groups in total. The van der Waals surface area contributed by atoms with Crippen molar-refractivity contribution in [1.82, 2.24) is 20.3 Å². The minimum absolute atomic E-state index is 0.108. The van der Waals surface area contributed by atoms with Gasteiger partial charge in [-0.05, 0) is 68.1 Å². The maximum atomic E-state index is 12.9. The number of halogens is 1. The van der Waals surface area contributed by atoms with Crippen LogP contribution in [0.4, 0.5) is 0 Å². The first-order valence-corrected chi connectivity index (χ1v) is 11.8. The van der Waals surface area contributed by atoms with E-state index >= 15 is 0 Å². The summed E-state index contributed by atoms with van der Waals surface area (Å²) in [6.07, 6.45) is 5.31. The second-order valence-corrected chi connectivity index (χ2v) is 8.75. The number of benzene rings is 2. The maximum Gasteiger partial charge on any atom is 0.303 e. The predicted octanol–water partition coefficient (Wildman–Crippen LogP) is 5.63. The number of rotatable bonds is 9. The van der Waals surface area contributed by atoms with Crippen LogP contribution in [0.15, 0.2) is 67.0 Å². The number of aryl methyl sites for hydroxylation is 1. The molecule has 4 aromatic rings. The largest absolute Gasteiger partial charge is 0.481 e. The molecule has 0 aliphatic carbocycles. The standard InChI is InChI=1S/C27H25ClN4O3/c1-17(20-5-4-14-29-16-20)30-27(35)19-10-13-22-24(15-19)31-23(6-2-3-7-25(33)34)26(32-22)18-8-11-21(28)12-9-18/h4-5,8-17H,2-3,6-7H2,1H3,(H,30,35)(H,33,34)/t17-/m1/s1. The van der Waals surface area contributed by atoms with E-state index in [1.54, 1.807) is 42.7 Å². The third kappa shape index (κ3) is 6.19. The highest BCUT2D eigenvalue weighted by molar-refractivity contribution is 6.30. The van der Waals surface area contributed by atoms with Gasteiger partial charge in [0.15, 0.2) is 0 Å². The molecule has 0 aliphatic rings. The molecular formula is C27H25ClN4O3. The SMILES string of the molecule is C[C@@H](NC(=O)c1ccc2nc(-c3ccc(Cl)cc3)c(CCCCC(=O)O)nc2c1)c1cccnc1. The number of pyridine rings is 1. The molecule has 8 heteroatoms. The molecule has 0 bridgehead atoms. The van der Waals surface area contributed by atoms with Crippen molar-refractivity contribution >= 4 is 34.5 Å². The van der Waals surface area contributed by atoms with Gasteiger partial charge < -0.3 is 10.4 Å². The van der Waals surface area contributed by atoms with Crippen molar-refractivity contribution in [2.24, 2.45) is 0 Å². The molecule has 4 rings (SSSR count). The Balaban J connectivity index is 1.63. The van der Waals surface area contributed by atoms with Crippen molar-refractivity contribution < 1.29 is 14.7 Å². The van der Waals surface area contributed by atoms with Gasteiger partial charge >= 0.3 is 5.97 Å². The lowest BCUT2D eigenvalue weighted by atomic mass is 10.0. The number of fused-ring (bicyclic) bond motifs is 1. The third-order valence-electron chi connectivity index (χ3n) is 5.70. The smallest absolute Gasteiger partial charge is 0.303 e. The van der Waals surface area contributed by atoms with Gasteiger partial charge in [-0.15, -0.1) is 0 Å². The molecule has 0 saturated heterocycles. The Morgan fingerprint density at radius 3 is 2.54 bits per heavy atom. The number of nitrogens with zero attached hydrogens (tertiary/aromatic N) is 3. The first-order valence-electron chi connectivity index (χ1n) is 11.4. The second kappa shape index (κ2) is 11.1. The molecule has 0 unspecified atom stereocenters. The highest BCUT2D eigenvalue weighted by Crippen LogP contribution is 2.27. The fourth-order valence-electron chi connectivity index (χ4n) is 3.81. The lowest BCUT2D eigenvalue weighted by Crippen LogP contribution is -2.26. The minimum Gasteiger partial charge on any atom is -0.481 e. The molecule has 1 amide bonds. The van der Waals surface area contributed by atoms with Crippen molar-refractivity contribution in [3.05, 3.63) is 88.8 Å². The van der Waals surface area contributed by atoms with E-state index < -0.39 is 5.97 Å². The Labute approximate surface area is 208 Å². The molecule has 2 heterocycles. The molecule has 0 fully saturated rings. The summed E-state index contributed by atoms with van der Waals surface area (Å²) in [5.74, 6) is -1.03. The van der Waals surface area contributed by atoms with Crippen LogP contribution >= 0.6 is 11.6 Å². The predicted molar refractivity (Wildman–Crippen MR) is 135 cm³/mol. The van der Waals surface area contributed by atoms with Crippen LogP contribution in [0.5, 0.6) is 0 Å². The normalized spacial score (nSPS) is 11.8. The highest BCUT2D eigenvalue weighted by atomic mass is 35.5. The molecule has 0 spiro atoms. The van der Waals surface area contributed by atoms with E-state index in [0.29, 0.717) is 40.9 Å². The number of aliphatic carboxylic acids is 1. The summed E-state index contributed by atoms with van der Waals surface area (Å²) in [7, 11) is 0. The van der Waals surface area contributed by atoms with Crippen molar-refractivity contribution in [3.8, 4) is 11.3 Å². The van der Waals surface area contributed by atoms with E-state index in [0.717, 1.165) is 22.5 Å².